The Labute approximate surface area is 102 Å². The Kier molecular flexibility index (Phi) is 5.49. The van der Waals surface area contributed by atoms with Gasteiger partial charge in [-0.1, -0.05) is 12.1 Å². The molecular weight excluding hydrogens is 216 g/mol. The molecule has 1 aromatic carbocycles. The lowest BCUT2D eigenvalue weighted by Gasteiger charge is -2.14. The Hall–Kier alpha value is -1.55. The van der Waals surface area contributed by atoms with E-state index in [1.807, 2.05) is 26.0 Å². The second-order valence-electron chi connectivity index (χ2n) is 3.97. The highest BCUT2D eigenvalue weighted by Crippen LogP contribution is 2.17. The number of phenols is 1. The number of amides is 1. The van der Waals surface area contributed by atoms with Crippen molar-refractivity contribution in [1.29, 1.82) is 0 Å². The average Bonchev–Trinajstić information content (AvgIpc) is 2.29. The molecule has 0 saturated carbocycles. The van der Waals surface area contributed by atoms with Crippen molar-refractivity contribution in [3.05, 3.63) is 29.8 Å². The largest absolute Gasteiger partial charge is 0.508 e. The lowest BCUT2D eigenvalue weighted by atomic mass is 10.1. The van der Waals surface area contributed by atoms with Gasteiger partial charge in [0.15, 0.2) is 0 Å². The fraction of sp³-hybridized carbons (Fsp3) is 0.462. The van der Waals surface area contributed by atoms with Crippen molar-refractivity contribution in [2.75, 3.05) is 13.1 Å². The molecule has 1 aromatic rings. The van der Waals surface area contributed by atoms with Crippen LogP contribution in [0.4, 0.5) is 0 Å². The highest BCUT2D eigenvalue weighted by atomic mass is 16.3. The maximum atomic E-state index is 11.2. The maximum Gasteiger partial charge on any atom is 0.221 e. The van der Waals surface area contributed by atoms with E-state index in [4.69, 9.17) is 0 Å². The molecule has 3 N–H and O–H groups in total. The second kappa shape index (κ2) is 6.91. The number of nitrogens with one attached hydrogen (secondary N) is 2. The topological polar surface area (TPSA) is 61.4 Å². The van der Waals surface area contributed by atoms with E-state index >= 15 is 0 Å². The van der Waals surface area contributed by atoms with E-state index in [2.05, 4.69) is 10.6 Å². The number of phenolic OH excluding ortho intramolecular Hbond substituents is 1. The molecule has 1 rings (SSSR count). The molecular formula is C13H20N2O2. The Morgan fingerprint density at radius 3 is 2.88 bits per heavy atom. The van der Waals surface area contributed by atoms with Gasteiger partial charge < -0.3 is 15.7 Å². The molecule has 4 nitrogen and oxygen atoms in total. The first-order chi connectivity index (χ1) is 8.13. The lowest BCUT2D eigenvalue weighted by Crippen LogP contribution is -2.28. The van der Waals surface area contributed by atoms with Gasteiger partial charge in [0.1, 0.15) is 5.75 Å². The molecule has 0 radical (unpaired) electrons. The van der Waals surface area contributed by atoms with Gasteiger partial charge >= 0.3 is 0 Å². The third-order valence-corrected chi connectivity index (χ3v) is 2.55. The number of benzene rings is 1. The molecule has 1 amide bonds. The van der Waals surface area contributed by atoms with Crippen LogP contribution in [0.1, 0.15) is 31.9 Å². The van der Waals surface area contributed by atoms with E-state index in [0.29, 0.717) is 19.5 Å². The van der Waals surface area contributed by atoms with Gasteiger partial charge in [0.05, 0.1) is 0 Å². The van der Waals surface area contributed by atoms with E-state index in [0.717, 1.165) is 5.56 Å². The van der Waals surface area contributed by atoms with Crippen LogP contribution in [0, 0.1) is 0 Å². The SMILES string of the molecule is CCNC(=O)CCNC(C)c1cccc(O)c1. The van der Waals surface area contributed by atoms with E-state index in [1.54, 1.807) is 12.1 Å². The molecule has 0 aliphatic carbocycles. The Morgan fingerprint density at radius 2 is 2.24 bits per heavy atom. The van der Waals surface area contributed by atoms with Crippen molar-refractivity contribution in [3.8, 4) is 5.75 Å². The Bertz CT molecular complexity index is 366. The molecule has 1 atom stereocenters. The Balaban J connectivity index is 2.35. The van der Waals surface area contributed by atoms with Crippen LogP contribution in [0.5, 0.6) is 5.75 Å². The minimum atomic E-state index is 0.0584. The summed E-state index contributed by atoms with van der Waals surface area (Å²) < 4.78 is 0. The molecule has 0 bridgehead atoms. The normalized spacial score (nSPS) is 12.1. The van der Waals surface area contributed by atoms with Gasteiger partial charge in [-0.25, -0.2) is 0 Å². The van der Waals surface area contributed by atoms with Crippen LogP contribution >= 0.6 is 0 Å². The summed E-state index contributed by atoms with van der Waals surface area (Å²) in [5, 5.41) is 15.3. The minimum absolute atomic E-state index is 0.0584. The zero-order valence-corrected chi connectivity index (χ0v) is 10.4. The molecule has 4 heteroatoms. The third-order valence-electron chi connectivity index (χ3n) is 2.55. The minimum Gasteiger partial charge on any atom is -0.508 e. The molecule has 0 fully saturated rings. The van der Waals surface area contributed by atoms with Crippen LogP contribution in [0.25, 0.3) is 0 Å². The highest BCUT2D eigenvalue weighted by molar-refractivity contribution is 5.75. The summed E-state index contributed by atoms with van der Waals surface area (Å²) in [6, 6.07) is 7.25. The second-order valence-corrected chi connectivity index (χ2v) is 3.97. The summed E-state index contributed by atoms with van der Waals surface area (Å²) in [6.07, 6.45) is 0.469. The summed E-state index contributed by atoms with van der Waals surface area (Å²) in [5.74, 6) is 0.322. The zero-order chi connectivity index (χ0) is 12.7. The number of rotatable bonds is 6. The lowest BCUT2D eigenvalue weighted by molar-refractivity contribution is -0.120. The fourth-order valence-corrected chi connectivity index (χ4v) is 1.60. The van der Waals surface area contributed by atoms with Crippen LogP contribution in [-0.2, 0) is 4.79 Å². The first kappa shape index (κ1) is 13.5. The molecule has 17 heavy (non-hydrogen) atoms. The molecule has 0 heterocycles. The first-order valence-corrected chi connectivity index (χ1v) is 5.92. The first-order valence-electron chi connectivity index (χ1n) is 5.92. The van der Waals surface area contributed by atoms with Gasteiger partial charge in [-0.05, 0) is 31.5 Å². The number of carbonyl (C=O) groups is 1. The number of hydrogen-bond acceptors (Lipinski definition) is 3. The van der Waals surface area contributed by atoms with Crippen LogP contribution < -0.4 is 10.6 Å². The van der Waals surface area contributed by atoms with Crippen LogP contribution in [0.2, 0.25) is 0 Å². The standard InChI is InChI=1S/C13H20N2O2/c1-3-14-13(17)7-8-15-10(2)11-5-4-6-12(16)9-11/h4-6,9-10,15-16H,3,7-8H2,1-2H3,(H,14,17). The Morgan fingerprint density at radius 1 is 1.47 bits per heavy atom. The van der Waals surface area contributed by atoms with Crippen molar-refractivity contribution in [1.82, 2.24) is 10.6 Å². The van der Waals surface area contributed by atoms with Gasteiger partial charge in [0.2, 0.25) is 5.91 Å². The van der Waals surface area contributed by atoms with Crippen LogP contribution in [-0.4, -0.2) is 24.1 Å². The van der Waals surface area contributed by atoms with Crippen molar-refractivity contribution in [2.45, 2.75) is 26.3 Å². The van der Waals surface area contributed by atoms with Gasteiger partial charge in [0.25, 0.3) is 0 Å². The van der Waals surface area contributed by atoms with Crippen LogP contribution in [0.3, 0.4) is 0 Å². The fourth-order valence-electron chi connectivity index (χ4n) is 1.60. The van der Waals surface area contributed by atoms with Gasteiger partial charge in [-0.2, -0.15) is 0 Å². The van der Waals surface area contributed by atoms with Gasteiger partial charge in [0, 0.05) is 25.6 Å². The van der Waals surface area contributed by atoms with Crippen molar-refractivity contribution >= 4 is 5.91 Å². The third kappa shape index (κ3) is 4.87. The van der Waals surface area contributed by atoms with E-state index in [9.17, 15) is 9.90 Å². The number of carbonyl (C=O) groups excluding carboxylic acids is 1. The summed E-state index contributed by atoms with van der Waals surface area (Å²) in [5.41, 5.74) is 1.01. The molecule has 0 saturated heterocycles. The molecule has 0 spiro atoms. The smallest absolute Gasteiger partial charge is 0.221 e. The molecule has 0 aliphatic rings. The average molecular weight is 236 g/mol. The molecule has 0 aromatic heterocycles. The van der Waals surface area contributed by atoms with Crippen molar-refractivity contribution < 1.29 is 9.90 Å². The van der Waals surface area contributed by atoms with E-state index in [1.165, 1.54) is 0 Å². The number of hydrogen-bond donors (Lipinski definition) is 3. The number of aromatic hydroxyl groups is 1. The quantitative estimate of drug-likeness (QED) is 0.702. The summed E-state index contributed by atoms with van der Waals surface area (Å²) in [4.78, 5) is 11.2. The summed E-state index contributed by atoms with van der Waals surface area (Å²) >= 11 is 0. The predicted octanol–water partition coefficient (Wildman–Crippen LogP) is 1.57. The maximum absolute atomic E-state index is 11.2. The van der Waals surface area contributed by atoms with E-state index in [-0.39, 0.29) is 17.7 Å². The predicted molar refractivity (Wildman–Crippen MR) is 67.8 cm³/mol. The van der Waals surface area contributed by atoms with E-state index < -0.39 is 0 Å². The molecule has 94 valence electrons. The molecule has 1 unspecified atom stereocenters. The zero-order valence-electron chi connectivity index (χ0n) is 10.4. The monoisotopic (exact) mass is 236 g/mol. The van der Waals surface area contributed by atoms with Gasteiger partial charge in [-0.15, -0.1) is 0 Å². The molecule has 0 aliphatic heterocycles. The van der Waals surface area contributed by atoms with Gasteiger partial charge in [-0.3, -0.25) is 4.79 Å². The van der Waals surface area contributed by atoms with Crippen molar-refractivity contribution in [3.63, 3.8) is 0 Å². The summed E-state index contributed by atoms with van der Waals surface area (Å²) in [7, 11) is 0. The summed E-state index contributed by atoms with van der Waals surface area (Å²) in [6.45, 7) is 5.21. The highest BCUT2D eigenvalue weighted by Gasteiger charge is 2.06. The van der Waals surface area contributed by atoms with Crippen molar-refractivity contribution in [2.24, 2.45) is 0 Å². The van der Waals surface area contributed by atoms with Crippen LogP contribution in [0.15, 0.2) is 24.3 Å².